The number of unbranched alkanes of at least 4 members (excludes halogenated alkanes) is 3. The van der Waals surface area contributed by atoms with Crippen LogP contribution in [0.25, 0.3) is 0 Å². The van der Waals surface area contributed by atoms with Crippen molar-refractivity contribution in [1.29, 1.82) is 0 Å². The van der Waals surface area contributed by atoms with E-state index in [-0.39, 0.29) is 0 Å². The van der Waals surface area contributed by atoms with E-state index in [0.717, 1.165) is 24.9 Å². The van der Waals surface area contributed by atoms with Crippen molar-refractivity contribution in [2.24, 2.45) is 0 Å². The second kappa shape index (κ2) is 19.2. The molecule has 0 aromatic heterocycles. The van der Waals surface area contributed by atoms with Gasteiger partial charge in [-0.3, -0.25) is 0 Å². The van der Waals surface area contributed by atoms with Crippen LogP contribution in [0.4, 0.5) is 0 Å². The van der Waals surface area contributed by atoms with Crippen molar-refractivity contribution in [3.8, 4) is 0 Å². The van der Waals surface area contributed by atoms with E-state index < -0.39 is 17.6 Å². The highest BCUT2D eigenvalue weighted by Crippen LogP contribution is 2.21. The van der Waals surface area contributed by atoms with Crippen LogP contribution in [0.1, 0.15) is 66.2 Å². The van der Waals surface area contributed by atoms with Gasteiger partial charge in [-0.2, -0.15) is 0 Å². The molecule has 0 rings (SSSR count). The standard InChI is InChI=1S/C26H62N2O6Si2/c1-11-27(12-2,23-19-25-35(29-5,30-6)31-7)21-17-15-16-18-22-28(13-3,14-4)24-20-26-36(32-8,33-9)34-10/h11-26H2,1-10H3/q+2. The minimum atomic E-state index is -2.47. The fraction of sp³-hybridized carbons (Fsp3) is 1.00. The lowest BCUT2D eigenvalue weighted by Crippen LogP contribution is -2.50. The summed E-state index contributed by atoms with van der Waals surface area (Å²) in [4.78, 5) is 0. The average Bonchev–Trinajstić information content (AvgIpc) is 2.94. The Kier molecular flexibility index (Phi) is 19.3. The third kappa shape index (κ3) is 11.5. The van der Waals surface area contributed by atoms with Crippen LogP contribution in [0, 0.1) is 0 Å². The van der Waals surface area contributed by atoms with Crippen molar-refractivity contribution < 1.29 is 35.5 Å². The summed E-state index contributed by atoms with van der Waals surface area (Å²) in [7, 11) is 5.30. The van der Waals surface area contributed by atoms with Crippen LogP contribution in [0.5, 0.6) is 0 Å². The minimum Gasteiger partial charge on any atom is -0.377 e. The van der Waals surface area contributed by atoms with E-state index in [4.69, 9.17) is 26.6 Å². The Morgan fingerprint density at radius 2 is 0.639 bits per heavy atom. The maximum absolute atomic E-state index is 5.62. The van der Waals surface area contributed by atoms with Crippen molar-refractivity contribution in [2.45, 2.75) is 78.3 Å². The summed E-state index contributed by atoms with van der Waals surface area (Å²) >= 11 is 0. The second-order valence-corrected chi connectivity index (χ2v) is 16.2. The van der Waals surface area contributed by atoms with E-state index in [0.29, 0.717) is 0 Å². The molecule has 0 aromatic carbocycles. The van der Waals surface area contributed by atoms with E-state index in [1.165, 1.54) is 87.0 Å². The second-order valence-electron chi connectivity index (χ2n) is 10.1. The molecule has 8 nitrogen and oxygen atoms in total. The highest BCUT2D eigenvalue weighted by Gasteiger charge is 2.39. The predicted octanol–water partition coefficient (Wildman–Crippen LogP) is 4.80. The van der Waals surface area contributed by atoms with Gasteiger partial charge in [-0.05, 0) is 53.4 Å². The Hall–Kier alpha value is 0.114. The number of quaternary nitrogens is 2. The molecule has 0 fully saturated rings. The molecule has 0 aromatic rings. The zero-order chi connectivity index (χ0) is 27.6. The number of nitrogens with zero attached hydrogens (tertiary/aromatic N) is 2. The molecule has 0 amide bonds. The summed E-state index contributed by atoms with van der Waals surface area (Å²) in [6.07, 6.45) is 7.38. The van der Waals surface area contributed by atoms with Crippen molar-refractivity contribution in [1.82, 2.24) is 0 Å². The smallest absolute Gasteiger partial charge is 0.377 e. The first-order valence-corrected chi connectivity index (χ1v) is 18.1. The Morgan fingerprint density at radius 1 is 0.389 bits per heavy atom. The molecule has 10 heteroatoms. The van der Waals surface area contributed by atoms with Crippen LogP contribution in [0.3, 0.4) is 0 Å². The van der Waals surface area contributed by atoms with Crippen LogP contribution in [-0.2, 0) is 26.6 Å². The fourth-order valence-electron chi connectivity index (χ4n) is 5.56. The predicted molar refractivity (Wildman–Crippen MR) is 153 cm³/mol. The van der Waals surface area contributed by atoms with Gasteiger partial charge in [0.05, 0.1) is 52.4 Å². The molecule has 0 heterocycles. The lowest BCUT2D eigenvalue weighted by molar-refractivity contribution is -0.925. The summed E-state index contributed by atoms with van der Waals surface area (Å²) in [5.41, 5.74) is 0. The molecule has 0 spiro atoms. The number of rotatable bonds is 25. The minimum absolute atomic E-state index is 0.882. The zero-order valence-electron chi connectivity index (χ0n) is 25.7. The van der Waals surface area contributed by atoms with Crippen molar-refractivity contribution in [3.05, 3.63) is 0 Å². The molecule has 0 atom stereocenters. The van der Waals surface area contributed by atoms with Crippen molar-refractivity contribution in [2.75, 3.05) is 95.0 Å². The molecule has 0 radical (unpaired) electrons. The molecule has 0 saturated carbocycles. The molecule has 36 heavy (non-hydrogen) atoms. The van der Waals surface area contributed by atoms with Gasteiger partial charge in [0, 0.05) is 67.6 Å². The van der Waals surface area contributed by atoms with Gasteiger partial charge in [-0.25, -0.2) is 0 Å². The first-order valence-electron chi connectivity index (χ1n) is 14.2. The largest absolute Gasteiger partial charge is 0.500 e. The summed E-state index contributed by atoms with van der Waals surface area (Å²) in [6.45, 7) is 18.9. The Bertz CT molecular complexity index is 466. The monoisotopic (exact) mass is 554 g/mol. The van der Waals surface area contributed by atoms with Gasteiger partial charge in [0.1, 0.15) is 0 Å². The summed E-state index contributed by atoms with van der Waals surface area (Å²) in [5.74, 6) is 0. The molecule has 218 valence electrons. The van der Waals surface area contributed by atoms with Crippen LogP contribution >= 0.6 is 0 Å². The Labute approximate surface area is 226 Å². The molecular formula is C26H62N2O6Si2+2. The van der Waals surface area contributed by atoms with Gasteiger partial charge < -0.3 is 35.5 Å². The highest BCUT2D eigenvalue weighted by atomic mass is 28.4. The van der Waals surface area contributed by atoms with E-state index in [1.807, 2.05) is 0 Å². The number of hydrogen-bond acceptors (Lipinski definition) is 6. The van der Waals surface area contributed by atoms with Crippen molar-refractivity contribution in [3.63, 3.8) is 0 Å². The molecule has 0 bridgehead atoms. The summed E-state index contributed by atoms with van der Waals surface area (Å²) < 4.78 is 36.1. The van der Waals surface area contributed by atoms with Crippen LogP contribution in [0.15, 0.2) is 0 Å². The van der Waals surface area contributed by atoms with E-state index >= 15 is 0 Å². The molecule has 0 aliphatic carbocycles. The van der Waals surface area contributed by atoms with Crippen molar-refractivity contribution >= 4 is 17.6 Å². The van der Waals surface area contributed by atoms with Crippen LogP contribution in [0.2, 0.25) is 12.1 Å². The molecule has 0 N–H and O–H groups in total. The topological polar surface area (TPSA) is 55.4 Å². The van der Waals surface area contributed by atoms with E-state index in [9.17, 15) is 0 Å². The van der Waals surface area contributed by atoms with Gasteiger partial charge in [0.15, 0.2) is 0 Å². The first kappa shape index (κ1) is 36.1. The summed E-state index contributed by atoms with van der Waals surface area (Å²) in [5, 5.41) is 0. The Balaban J connectivity index is 4.59. The van der Waals surface area contributed by atoms with Gasteiger partial charge >= 0.3 is 17.6 Å². The van der Waals surface area contributed by atoms with Crippen LogP contribution in [-0.4, -0.2) is 122 Å². The van der Waals surface area contributed by atoms with E-state index in [2.05, 4.69) is 27.7 Å². The lowest BCUT2D eigenvalue weighted by Gasteiger charge is -2.38. The fourth-order valence-corrected chi connectivity index (χ4v) is 8.97. The maximum atomic E-state index is 5.62. The number of hydrogen-bond donors (Lipinski definition) is 0. The average molecular weight is 555 g/mol. The molecule has 0 unspecified atom stereocenters. The molecular weight excluding hydrogens is 492 g/mol. The summed E-state index contributed by atoms with van der Waals surface area (Å²) in [6, 6.07) is 1.76. The zero-order valence-corrected chi connectivity index (χ0v) is 27.7. The van der Waals surface area contributed by atoms with Gasteiger partial charge in [-0.1, -0.05) is 0 Å². The third-order valence-electron chi connectivity index (χ3n) is 8.80. The van der Waals surface area contributed by atoms with Gasteiger partial charge in [0.2, 0.25) is 0 Å². The first-order chi connectivity index (χ1) is 17.2. The molecule has 0 aliphatic rings. The molecule has 0 saturated heterocycles. The third-order valence-corrected chi connectivity index (χ3v) is 14.5. The quantitative estimate of drug-likeness (QED) is 0.0918. The van der Waals surface area contributed by atoms with Gasteiger partial charge in [0.25, 0.3) is 0 Å². The van der Waals surface area contributed by atoms with Crippen LogP contribution < -0.4 is 0 Å². The SMILES string of the molecule is CC[N+](CC)(CCCCCC[N+](CC)(CC)CCC[Si](OC)(OC)OC)CCC[Si](OC)(OC)OC. The maximum Gasteiger partial charge on any atom is 0.500 e. The van der Waals surface area contributed by atoms with E-state index in [1.54, 1.807) is 42.7 Å². The Morgan fingerprint density at radius 3 is 0.861 bits per heavy atom. The molecule has 0 aliphatic heterocycles. The lowest BCUT2D eigenvalue weighted by atomic mass is 10.1. The normalized spacial score (nSPS) is 13.5. The van der Waals surface area contributed by atoms with Gasteiger partial charge in [-0.15, -0.1) is 0 Å². The highest BCUT2D eigenvalue weighted by molar-refractivity contribution is 6.60.